The molecule has 4 aliphatic carbocycles. The number of nitrogens with zero attached hydrogens (tertiary/aromatic N) is 1. The van der Waals surface area contributed by atoms with E-state index in [0.717, 1.165) is 56.0 Å². The third-order valence-corrected chi connectivity index (χ3v) is 9.53. The Morgan fingerprint density at radius 3 is 2.32 bits per heavy atom. The SMILES string of the molecule is CC1CCN([C@@H](CNC(=O)CNC(=O)C23CC4CC(CC(C4)C2)C3)c2cccs2)CC1. The normalized spacial score (nSPS) is 33.9. The lowest BCUT2D eigenvalue weighted by Gasteiger charge is -2.55. The quantitative estimate of drug-likeness (QED) is 0.670. The van der Waals surface area contributed by atoms with E-state index in [1.165, 1.54) is 37.0 Å². The molecule has 1 atom stereocenters. The number of amides is 2. The Kier molecular flexibility index (Phi) is 6.13. The van der Waals surface area contributed by atoms with Crippen molar-refractivity contribution in [1.82, 2.24) is 15.5 Å². The molecule has 1 aromatic heterocycles. The molecule has 0 aromatic carbocycles. The highest BCUT2D eigenvalue weighted by molar-refractivity contribution is 7.10. The van der Waals surface area contributed by atoms with Gasteiger partial charge in [0.2, 0.25) is 11.8 Å². The number of rotatable bonds is 7. The molecule has 2 N–H and O–H groups in total. The van der Waals surface area contributed by atoms with Crippen molar-refractivity contribution in [2.45, 2.75) is 64.3 Å². The number of hydrogen-bond acceptors (Lipinski definition) is 4. The van der Waals surface area contributed by atoms with Gasteiger partial charge in [0, 0.05) is 16.8 Å². The van der Waals surface area contributed by atoms with Gasteiger partial charge in [0.1, 0.15) is 0 Å². The molecule has 1 saturated heterocycles. The highest BCUT2D eigenvalue weighted by Gasteiger charge is 2.54. The number of nitrogens with one attached hydrogen (secondary N) is 2. The predicted molar refractivity (Wildman–Crippen MR) is 124 cm³/mol. The van der Waals surface area contributed by atoms with Crippen LogP contribution in [0.2, 0.25) is 0 Å². The van der Waals surface area contributed by atoms with Crippen LogP contribution in [0.15, 0.2) is 17.5 Å². The van der Waals surface area contributed by atoms with Crippen LogP contribution in [0.25, 0.3) is 0 Å². The molecule has 4 bridgehead atoms. The molecule has 0 radical (unpaired) electrons. The zero-order valence-corrected chi connectivity index (χ0v) is 19.6. The summed E-state index contributed by atoms with van der Waals surface area (Å²) >= 11 is 1.76. The van der Waals surface area contributed by atoms with Gasteiger partial charge < -0.3 is 10.6 Å². The summed E-state index contributed by atoms with van der Waals surface area (Å²) in [5.41, 5.74) is -0.182. The molecular formula is C25H37N3O2S. The first-order valence-electron chi connectivity index (χ1n) is 12.3. The first kappa shape index (κ1) is 21.4. The molecule has 6 rings (SSSR count). The summed E-state index contributed by atoms with van der Waals surface area (Å²) in [5.74, 6) is 3.08. The Bertz CT molecular complexity index is 749. The van der Waals surface area contributed by atoms with Crippen molar-refractivity contribution in [3.63, 3.8) is 0 Å². The van der Waals surface area contributed by atoms with Gasteiger partial charge in [-0.15, -0.1) is 11.3 Å². The smallest absolute Gasteiger partial charge is 0.239 e. The number of piperidine rings is 1. The van der Waals surface area contributed by atoms with Crippen molar-refractivity contribution in [2.24, 2.45) is 29.1 Å². The largest absolute Gasteiger partial charge is 0.353 e. The van der Waals surface area contributed by atoms with E-state index in [9.17, 15) is 9.59 Å². The van der Waals surface area contributed by atoms with Crippen LogP contribution in [-0.2, 0) is 9.59 Å². The highest BCUT2D eigenvalue weighted by Crippen LogP contribution is 2.60. The van der Waals surface area contributed by atoms with Gasteiger partial charge in [-0.2, -0.15) is 0 Å². The van der Waals surface area contributed by atoms with Crippen LogP contribution in [0.4, 0.5) is 0 Å². The molecule has 2 amide bonds. The molecule has 2 heterocycles. The third kappa shape index (κ3) is 4.56. The van der Waals surface area contributed by atoms with Gasteiger partial charge in [0.15, 0.2) is 0 Å². The maximum absolute atomic E-state index is 13.1. The van der Waals surface area contributed by atoms with E-state index in [2.05, 4.69) is 40.0 Å². The number of carbonyl (C=O) groups excluding carboxylic acids is 2. The first-order valence-corrected chi connectivity index (χ1v) is 13.2. The second-order valence-electron chi connectivity index (χ2n) is 10.9. The van der Waals surface area contributed by atoms with Gasteiger partial charge in [-0.25, -0.2) is 0 Å². The topological polar surface area (TPSA) is 61.4 Å². The average molecular weight is 444 g/mol. The van der Waals surface area contributed by atoms with Crippen molar-refractivity contribution < 1.29 is 9.59 Å². The van der Waals surface area contributed by atoms with Gasteiger partial charge in [-0.05, 0) is 99.6 Å². The van der Waals surface area contributed by atoms with Crippen molar-refractivity contribution in [3.8, 4) is 0 Å². The van der Waals surface area contributed by atoms with E-state index in [0.29, 0.717) is 6.54 Å². The molecule has 5 aliphatic rings. The molecule has 4 saturated carbocycles. The second-order valence-corrected chi connectivity index (χ2v) is 11.9. The van der Waals surface area contributed by atoms with Gasteiger partial charge in [-0.3, -0.25) is 14.5 Å². The molecule has 6 heteroatoms. The molecule has 0 unspecified atom stereocenters. The van der Waals surface area contributed by atoms with E-state index in [1.54, 1.807) is 11.3 Å². The summed E-state index contributed by atoms with van der Waals surface area (Å²) in [4.78, 5) is 29.6. The molecule has 0 spiro atoms. The van der Waals surface area contributed by atoms with Crippen LogP contribution >= 0.6 is 11.3 Å². The summed E-state index contributed by atoms with van der Waals surface area (Å²) < 4.78 is 0. The predicted octanol–water partition coefficient (Wildman–Crippen LogP) is 3.97. The van der Waals surface area contributed by atoms with Crippen LogP contribution in [0.3, 0.4) is 0 Å². The summed E-state index contributed by atoms with van der Waals surface area (Å²) in [6, 6.07) is 4.50. The lowest BCUT2D eigenvalue weighted by atomic mass is 9.49. The van der Waals surface area contributed by atoms with Crippen LogP contribution in [0.1, 0.15) is 69.2 Å². The zero-order chi connectivity index (χ0) is 21.4. The lowest BCUT2D eigenvalue weighted by Crippen LogP contribution is -2.54. The Morgan fingerprint density at radius 1 is 1.10 bits per heavy atom. The Hall–Kier alpha value is -1.40. The summed E-state index contributed by atoms with van der Waals surface area (Å²) in [6.07, 6.45) is 9.54. The highest BCUT2D eigenvalue weighted by atomic mass is 32.1. The molecule has 170 valence electrons. The van der Waals surface area contributed by atoms with Crippen molar-refractivity contribution in [3.05, 3.63) is 22.4 Å². The number of thiophene rings is 1. The van der Waals surface area contributed by atoms with E-state index < -0.39 is 0 Å². The minimum atomic E-state index is -0.182. The number of carbonyl (C=O) groups is 2. The summed E-state index contributed by atoms with van der Waals surface area (Å²) in [7, 11) is 0. The van der Waals surface area contributed by atoms with E-state index in [-0.39, 0.29) is 29.8 Å². The Balaban J connectivity index is 1.13. The fraction of sp³-hybridized carbons (Fsp3) is 0.760. The molecule has 31 heavy (non-hydrogen) atoms. The molecule has 5 fully saturated rings. The lowest BCUT2D eigenvalue weighted by molar-refractivity contribution is -0.147. The van der Waals surface area contributed by atoms with Crippen molar-refractivity contribution >= 4 is 23.2 Å². The molecule has 1 aliphatic heterocycles. The van der Waals surface area contributed by atoms with Crippen molar-refractivity contribution in [2.75, 3.05) is 26.2 Å². The molecule has 1 aromatic rings. The van der Waals surface area contributed by atoms with E-state index >= 15 is 0 Å². The number of likely N-dealkylation sites (tertiary alicyclic amines) is 1. The van der Waals surface area contributed by atoms with Crippen LogP contribution in [0.5, 0.6) is 0 Å². The molecule has 5 nitrogen and oxygen atoms in total. The minimum absolute atomic E-state index is 0.0648. The maximum atomic E-state index is 13.1. The summed E-state index contributed by atoms with van der Waals surface area (Å²) in [6.45, 7) is 5.21. The van der Waals surface area contributed by atoms with Crippen molar-refractivity contribution in [1.29, 1.82) is 0 Å². The minimum Gasteiger partial charge on any atom is -0.353 e. The van der Waals surface area contributed by atoms with E-state index in [4.69, 9.17) is 0 Å². The Morgan fingerprint density at radius 2 is 1.74 bits per heavy atom. The van der Waals surface area contributed by atoms with Gasteiger partial charge in [0.25, 0.3) is 0 Å². The third-order valence-electron chi connectivity index (χ3n) is 8.55. The van der Waals surface area contributed by atoms with Gasteiger partial charge in [-0.1, -0.05) is 13.0 Å². The summed E-state index contributed by atoms with van der Waals surface area (Å²) in [5, 5.41) is 8.25. The van der Waals surface area contributed by atoms with Crippen LogP contribution < -0.4 is 10.6 Å². The van der Waals surface area contributed by atoms with Crippen LogP contribution in [0, 0.1) is 29.1 Å². The fourth-order valence-electron chi connectivity index (χ4n) is 7.24. The standard InChI is InChI=1S/C25H37N3O2S/c1-17-4-6-28(7-5-17)21(22-3-2-8-31-22)15-26-23(29)16-27-24(30)25-12-18-9-19(13-25)11-20(10-18)14-25/h2-3,8,17-21H,4-7,9-16H2,1H3,(H,26,29)(H,27,30)/t18?,19?,20?,21-,25?/m0/s1. The average Bonchev–Trinajstić information content (AvgIpc) is 3.27. The molecular weight excluding hydrogens is 406 g/mol. The van der Waals surface area contributed by atoms with E-state index in [1.807, 2.05) is 0 Å². The first-order chi connectivity index (χ1) is 15.0. The van der Waals surface area contributed by atoms with Crippen LogP contribution in [-0.4, -0.2) is 42.9 Å². The maximum Gasteiger partial charge on any atom is 0.239 e. The zero-order valence-electron chi connectivity index (χ0n) is 18.8. The van der Waals surface area contributed by atoms with Gasteiger partial charge >= 0.3 is 0 Å². The number of hydrogen-bond donors (Lipinski definition) is 2. The Labute approximate surface area is 190 Å². The monoisotopic (exact) mass is 443 g/mol. The fourth-order valence-corrected chi connectivity index (χ4v) is 8.10. The second kappa shape index (κ2) is 8.86. The van der Waals surface area contributed by atoms with Gasteiger partial charge in [0.05, 0.1) is 12.6 Å².